The summed E-state index contributed by atoms with van der Waals surface area (Å²) >= 11 is 0. The number of nitro groups is 1. The van der Waals surface area contributed by atoms with Gasteiger partial charge in [0, 0.05) is 51.1 Å². The normalized spacial score (nSPS) is 13.3. The van der Waals surface area contributed by atoms with Gasteiger partial charge < -0.3 is 20.1 Å². The smallest absolute Gasteiger partial charge is 0.311 e. The van der Waals surface area contributed by atoms with Crippen molar-refractivity contribution in [3.63, 3.8) is 0 Å². The van der Waals surface area contributed by atoms with Crippen LogP contribution in [-0.4, -0.2) is 50.4 Å². The van der Waals surface area contributed by atoms with Crippen LogP contribution < -0.4 is 15.0 Å². The Hall–Kier alpha value is -1.86. The molecule has 0 aliphatic carbocycles. The van der Waals surface area contributed by atoms with Crippen molar-refractivity contribution in [3.8, 4) is 5.75 Å². The van der Waals surface area contributed by atoms with Crippen molar-refractivity contribution in [1.29, 1.82) is 0 Å². The molecule has 1 fully saturated rings. The molecule has 0 radical (unpaired) electrons. The predicted octanol–water partition coefficient (Wildman–Crippen LogP) is 1.65. The number of aliphatic hydroxyl groups excluding tert-OH is 1. The molecule has 1 aliphatic rings. The molecule has 120 valence electrons. The fraction of sp³-hybridized carbons (Fsp3) is 0.571. The first-order valence-electron chi connectivity index (χ1n) is 6.95. The zero-order valence-electron chi connectivity index (χ0n) is 13.1. The van der Waals surface area contributed by atoms with Crippen LogP contribution in [0.15, 0.2) is 18.2 Å². The molecule has 7 heteroatoms. The van der Waals surface area contributed by atoms with Crippen LogP contribution in [-0.2, 0) is 0 Å². The molecule has 1 aliphatic heterocycles. The Morgan fingerprint density at radius 2 is 1.86 bits per heavy atom. The molecule has 0 spiro atoms. The molecule has 1 aromatic carbocycles. The van der Waals surface area contributed by atoms with E-state index in [-0.39, 0.29) is 5.69 Å². The second-order valence-corrected chi connectivity index (χ2v) is 3.85. The van der Waals surface area contributed by atoms with Crippen molar-refractivity contribution in [3.05, 3.63) is 28.3 Å². The summed E-state index contributed by atoms with van der Waals surface area (Å²) in [5, 5.41) is 21.0. The summed E-state index contributed by atoms with van der Waals surface area (Å²) in [6.07, 6.45) is 0. The molecule has 2 rings (SSSR count). The maximum atomic E-state index is 10.8. The second-order valence-electron chi connectivity index (χ2n) is 3.85. The lowest BCUT2D eigenvalue weighted by Crippen LogP contribution is -2.43. The predicted molar refractivity (Wildman–Crippen MR) is 84.2 cm³/mol. The number of hydrogen-bond donors (Lipinski definition) is 2. The van der Waals surface area contributed by atoms with E-state index in [0.29, 0.717) is 5.75 Å². The summed E-state index contributed by atoms with van der Waals surface area (Å²) in [5.41, 5.74) is 0.973. The molecular weight excluding hydrogens is 274 g/mol. The number of rotatable bonds is 3. The number of benzene rings is 1. The monoisotopic (exact) mass is 299 g/mol. The summed E-state index contributed by atoms with van der Waals surface area (Å²) in [7, 11) is 2.45. The zero-order valence-corrected chi connectivity index (χ0v) is 13.1. The minimum Gasteiger partial charge on any atom is -0.490 e. The first-order chi connectivity index (χ1) is 10.2. The molecule has 1 heterocycles. The van der Waals surface area contributed by atoms with E-state index < -0.39 is 4.92 Å². The van der Waals surface area contributed by atoms with Crippen LogP contribution in [0.2, 0.25) is 0 Å². The van der Waals surface area contributed by atoms with Gasteiger partial charge in [-0.3, -0.25) is 10.1 Å². The van der Waals surface area contributed by atoms with Crippen LogP contribution in [0.1, 0.15) is 13.8 Å². The van der Waals surface area contributed by atoms with E-state index in [1.54, 1.807) is 12.1 Å². The summed E-state index contributed by atoms with van der Waals surface area (Å²) in [6.45, 7) is 7.67. The standard InChI is InChI=1S/C11H15N3O3.C2H6.CH4O/c1-17-11-8-9(2-3-10(11)14(15)16)13-6-4-12-5-7-13;2*1-2/h2-3,8,12H,4-7H2,1H3;1-2H3;2H,1H3. The van der Waals surface area contributed by atoms with E-state index in [9.17, 15) is 10.1 Å². The van der Waals surface area contributed by atoms with E-state index in [1.807, 2.05) is 13.8 Å². The lowest BCUT2D eigenvalue weighted by atomic mass is 10.2. The van der Waals surface area contributed by atoms with Crippen LogP contribution in [0.3, 0.4) is 0 Å². The van der Waals surface area contributed by atoms with Gasteiger partial charge in [0.05, 0.1) is 12.0 Å². The minimum absolute atomic E-state index is 0.00591. The Morgan fingerprint density at radius 3 is 2.33 bits per heavy atom. The van der Waals surface area contributed by atoms with Crippen molar-refractivity contribution in [2.24, 2.45) is 0 Å². The topological polar surface area (TPSA) is 87.9 Å². The fourth-order valence-corrected chi connectivity index (χ4v) is 1.94. The van der Waals surface area contributed by atoms with Gasteiger partial charge in [0.2, 0.25) is 0 Å². The highest BCUT2D eigenvalue weighted by atomic mass is 16.6. The van der Waals surface area contributed by atoms with Gasteiger partial charge in [0.1, 0.15) is 0 Å². The zero-order chi connectivity index (χ0) is 16.3. The molecule has 21 heavy (non-hydrogen) atoms. The highest BCUT2D eigenvalue weighted by Crippen LogP contribution is 2.31. The third kappa shape index (κ3) is 5.57. The first kappa shape index (κ1) is 19.1. The van der Waals surface area contributed by atoms with E-state index in [4.69, 9.17) is 9.84 Å². The van der Waals surface area contributed by atoms with Crippen LogP contribution in [0, 0.1) is 10.1 Å². The first-order valence-corrected chi connectivity index (χ1v) is 6.95. The number of aliphatic hydroxyl groups is 1. The van der Waals surface area contributed by atoms with Crippen molar-refractivity contribution in [1.82, 2.24) is 5.32 Å². The van der Waals surface area contributed by atoms with Crippen molar-refractivity contribution in [2.75, 3.05) is 45.3 Å². The molecule has 0 amide bonds. The van der Waals surface area contributed by atoms with Gasteiger partial charge in [-0.05, 0) is 6.07 Å². The number of hydrogen-bond acceptors (Lipinski definition) is 6. The molecule has 0 saturated carbocycles. The number of nitrogens with one attached hydrogen (secondary N) is 1. The van der Waals surface area contributed by atoms with Gasteiger partial charge in [0.25, 0.3) is 0 Å². The summed E-state index contributed by atoms with van der Waals surface area (Å²) < 4.78 is 5.05. The number of nitro benzene ring substituents is 1. The van der Waals surface area contributed by atoms with Crippen LogP contribution in [0.4, 0.5) is 11.4 Å². The summed E-state index contributed by atoms with van der Waals surface area (Å²) in [4.78, 5) is 12.5. The quantitative estimate of drug-likeness (QED) is 0.652. The molecule has 0 unspecified atom stereocenters. The molecule has 2 N–H and O–H groups in total. The Bertz CT molecular complexity index is 421. The maximum absolute atomic E-state index is 10.8. The Balaban J connectivity index is 0.000000921. The molecule has 0 atom stereocenters. The highest BCUT2D eigenvalue weighted by molar-refractivity contribution is 5.59. The minimum atomic E-state index is -0.430. The number of nitrogens with zero attached hydrogens (tertiary/aromatic N) is 2. The van der Waals surface area contributed by atoms with Gasteiger partial charge in [-0.15, -0.1) is 0 Å². The maximum Gasteiger partial charge on any atom is 0.311 e. The second kappa shape index (κ2) is 10.9. The number of anilines is 1. The Kier molecular flexibility index (Phi) is 9.91. The largest absolute Gasteiger partial charge is 0.490 e. The highest BCUT2D eigenvalue weighted by Gasteiger charge is 2.18. The van der Waals surface area contributed by atoms with E-state index >= 15 is 0 Å². The number of ether oxygens (including phenoxy) is 1. The SMILES string of the molecule is CC.CO.COc1cc(N2CCNCC2)ccc1[N+](=O)[O-]. The van der Waals surface area contributed by atoms with Gasteiger partial charge in [-0.2, -0.15) is 0 Å². The molecule has 0 aromatic heterocycles. The molecule has 1 aromatic rings. The number of methoxy groups -OCH3 is 1. The van der Waals surface area contributed by atoms with E-state index in [1.165, 1.54) is 13.2 Å². The van der Waals surface area contributed by atoms with E-state index in [2.05, 4.69) is 10.2 Å². The molecule has 0 bridgehead atoms. The van der Waals surface area contributed by atoms with Crippen LogP contribution >= 0.6 is 0 Å². The van der Waals surface area contributed by atoms with Crippen molar-refractivity contribution in [2.45, 2.75) is 13.8 Å². The van der Waals surface area contributed by atoms with Gasteiger partial charge in [0.15, 0.2) is 5.75 Å². The van der Waals surface area contributed by atoms with E-state index in [0.717, 1.165) is 39.0 Å². The fourth-order valence-electron chi connectivity index (χ4n) is 1.94. The van der Waals surface area contributed by atoms with Crippen molar-refractivity contribution < 1.29 is 14.8 Å². The summed E-state index contributed by atoms with van der Waals surface area (Å²) in [5.74, 6) is 0.311. The van der Waals surface area contributed by atoms with Crippen molar-refractivity contribution >= 4 is 11.4 Å². The van der Waals surface area contributed by atoms with Crippen LogP contribution in [0.5, 0.6) is 5.75 Å². The Labute approximate surface area is 125 Å². The third-order valence-corrected chi connectivity index (χ3v) is 2.84. The molecule has 1 saturated heterocycles. The van der Waals surface area contributed by atoms with Crippen LogP contribution in [0.25, 0.3) is 0 Å². The lowest BCUT2D eigenvalue weighted by molar-refractivity contribution is -0.385. The Morgan fingerprint density at radius 1 is 1.29 bits per heavy atom. The third-order valence-electron chi connectivity index (χ3n) is 2.84. The average Bonchev–Trinajstić information content (AvgIpc) is 2.58. The lowest BCUT2D eigenvalue weighted by Gasteiger charge is -2.29. The number of piperazine rings is 1. The van der Waals surface area contributed by atoms with Gasteiger partial charge >= 0.3 is 5.69 Å². The molecule has 7 nitrogen and oxygen atoms in total. The molecular formula is C14H25N3O4. The van der Waals surface area contributed by atoms with Gasteiger partial charge in [-0.25, -0.2) is 0 Å². The average molecular weight is 299 g/mol. The summed E-state index contributed by atoms with van der Waals surface area (Å²) in [6, 6.07) is 4.99. The van der Waals surface area contributed by atoms with Gasteiger partial charge in [-0.1, -0.05) is 13.8 Å².